The lowest BCUT2D eigenvalue weighted by molar-refractivity contribution is -0.137. The van der Waals surface area contributed by atoms with E-state index in [9.17, 15) is 13.2 Å². The minimum atomic E-state index is -4.36. The van der Waals surface area contributed by atoms with E-state index in [2.05, 4.69) is 21.9 Å². The molecular weight excluding hydrogens is 367 g/mol. The second kappa shape index (κ2) is 7.56. The number of alkyl halides is 3. The van der Waals surface area contributed by atoms with Crippen molar-refractivity contribution in [2.75, 3.05) is 20.3 Å². The van der Waals surface area contributed by atoms with Crippen LogP contribution in [0.3, 0.4) is 0 Å². The van der Waals surface area contributed by atoms with Crippen molar-refractivity contribution in [2.45, 2.75) is 31.6 Å². The summed E-state index contributed by atoms with van der Waals surface area (Å²) < 4.78 is 44.1. The van der Waals surface area contributed by atoms with E-state index in [0.717, 1.165) is 50.3 Å². The Morgan fingerprint density at radius 1 is 1.11 bits per heavy atom. The summed E-state index contributed by atoms with van der Waals surface area (Å²) in [6, 6.07) is 12.1. The quantitative estimate of drug-likeness (QED) is 0.693. The smallest absolute Gasteiger partial charge is 0.381 e. The average Bonchev–Trinajstić information content (AvgIpc) is 3.12. The number of benzene rings is 2. The largest absolute Gasteiger partial charge is 0.416 e. The fraction of sp³-hybridized carbons (Fsp3) is 0.381. The van der Waals surface area contributed by atoms with Gasteiger partial charge in [-0.3, -0.25) is 4.90 Å². The number of rotatable bonds is 4. The fourth-order valence-electron chi connectivity index (χ4n) is 3.63. The SMILES string of the molecule is CN(Cc1ccc(-c2nc3ccc(C(F)(F)F)cc3[nH]2)cc1)C1CCOCC1. The molecule has 1 N–H and O–H groups in total. The number of halogens is 3. The summed E-state index contributed by atoms with van der Waals surface area (Å²) in [5.74, 6) is 0.568. The standard InChI is InChI=1S/C21H22F3N3O/c1-27(17-8-10-28-11-9-17)13-14-2-4-15(5-3-14)20-25-18-7-6-16(21(22,23)24)12-19(18)26-20/h2-7,12,17H,8-11,13H2,1H3,(H,25,26). The first-order chi connectivity index (χ1) is 13.4. The molecule has 0 spiro atoms. The highest BCUT2D eigenvalue weighted by Gasteiger charge is 2.30. The number of aromatic nitrogens is 2. The third-order valence-corrected chi connectivity index (χ3v) is 5.28. The van der Waals surface area contributed by atoms with Crippen LogP contribution in [0.15, 0.2) is 42.5 Å². The Morgan fingerprint density at radius 2 is 1.82 bits per heavy atom. The lowest BCUT2D eigenvalue weighted by atomic mass is 10.1. The first-order valence-electron chi connectivity index (χ1n) is 9.34. The van der Waals surface area contributed by atoms with E-state index in [4.69, 9.17) is 4.74 Å². The summed E-state index contributed by atoms with van der Waals surface area (Å²) in [4.78, 5) is 9.77. The topological polar surface area (TPSA) is 41.2 Å². The highest BCUT2D eigenvalue weighted by atomic mass is 19.4. The van der Waals surface area contributed by atoms with E-state index in [1.54, 1.807) is 0 Å². The Labute approximate surface area is 161 Å². The summed E-state index contributed by atoms with van der Waals surface area (Å²) in [5, 5.41) is 0. The summed E-state index contributed by atoms with van der Waals surface area (Å²) in [6.45, 7) is 2.48. The van der Waals surface area contributed by atoms with Crippen LogP contribution in [0.1, 0.15) is 24.0 Å². The fourth-order valence-corrected chi connectivity index (χ4v) is 3.63. The van der Waals surface area contributed by atoms with Crippen LogP contribution < -0.4 is 0 Å². The van der Waals surface area contributed by atoms with E-state index in [1.165, 1.54) is 11.6 Å². The predicted molar refractivity (Wildman–Crippen MR) is 102 cm³/mol. The molecule has 1 aliphatic heterocycles. The molecular formula is C21H22F3N3O. The zero-order valence-corrected chi connectivity index (χ0v) is 15.6. The number of hydrogen-bond acceptors (Lipinski definition) is 3. The number of nitrogens with one attached hydrogen (secondary N) is 1. The molecule has 1 aromatic heterocycles. The number of H-pyrrole nitrogens is 1. The van der Waals surface area contributed by atoms with Gasteiger partial charge in [0.25, 0.3) is 0 Å². The third kappa shape index (κ3) is 4.05. The minimum Gasteiger partial charge on any atom is -0.381 e. The van der Waals surface area contributed by atoms with Crippen molar-refractivity contribution in [1.29, 1.82) is 0 Å². The molecule has 148 valence electrons. The second-order valence-corrected chi connectivity index (χ2v) is 7.27. The van der Waals surface area contributed by atoms with Gasteiger partial charge in [-0.05, 0) is 43.7 Å². The lowest BCUT2D eigenvalue weighted by Gasteiger charge is -2.31. The minimum absolute atomic E-state index is 0.383. The predicted octanol–water partition coefficient (Wildman–Crippen LogP) is 4.86. The molecule has 7 heteroatoms. The molecule has 1 fully saturated rings. The normalized spacial score (nSPS) is 16.2. The molecule has 2 heterocycles. The van der Waals surface area contributed by atoms with Gasteiger partial charge in [-0.2, -0.15) is 13.2 Å². The first kappa shape index (κ1) is 19.0. The van der Waals surface area contributed by atoms with Gasteiger partial charge in [0.1, 0.15) is 5.82 Å². The van der Waals surface area contributed by atoms with E-state index >= 15 is 0 Å². The maximum Gasteiger partial charge on any atom is 0.416 e. The van der Waals surface area contributed by atoms with Gasteiger partial charge in [-0.15, -0.1) is 0 Å². The van der Waals surface area contributed by atoms with Crippen molar-refractivity contribution in [1.82, 2.24) is 14.9 Å². The Hall–Kier alpha value is -2.38. The van der Waals surface area contributed by atoms with Crippen LogP contribution in [0, 0.1) is 0 Å². The number of ether oxygens (including phenoxy) is 1. The van der Waals surface area contributed by atoms with E-state index in [1.807, 2.05) is 24.3 Å². The Balaban J connectivity index is 1.50. The van der Waals surface area contributed by atoms with Crippen LogP contribution in [0.5, 0.6) is 0 Å². The first-order valence-corrected chi connectivity index (χ1v) is 9.34. The summed E-state index contributed by atoms with van der Waals surface area (Å²) in [7, 11) is 2.13. The molecule has 28 heavy (non-hydrogen) atoms. The molecule has 3 aromatic rings. The molecule has 4 rings (SSSR count). The highest BCUT2D eigenvalue weighted by molar-refractivity contribution is 5.80. The molecule has 4 nitrogen and oxygen atoms in total. The van der Waals surface area contributed by atoms with Crippen LogP contribution in [-0.4, -0.2) is 41.2 Å². The van der Waals surface area contributed by atoms with Gasteiger partial charge in [0.05, 0.1) is 16.6 Å². The van der Waals surface area contributed by atoms with Gasteiger partial charge >= 0.3 is 6.18 Å². The summed E-state index contributed by atoms with van der Waals surface area (Å²) >= 11 is 0. The lowest BCUT2D eigenvalue weighted by Crippen LogP contribution is -2.36. The van der Waals surface area contributed by atoms with Gasteiger partial charge < -0.3 is 9.72 Å². The molecule has 0 radical (unpaired) electrons. The Kier molecular flexibility index (Phi) is 5.12. The van der Waals surface area contributed by atoms with Crippen molar-refractivity contribution in [3.05, 3.63) is 53.6 Å². The summed E-state index contributed by atoms with van der Waals surface area (Å²) in [5.41, 5.74) is 2.26. The van der Waals surface area contributed by atoms with Crippen LogP contribution in [0.25, 0.3) is 22.4 Å². The van der Waals surface area contributed by atoms with Gasteiger partial charge in [-0.1, -0.05) is 24.3 Å². The third-order valence-electron chi connectivity index (χ3n) is 5.28. The average molecular weight is 389 g/mol. The van der Waals surface area contributed by atoms with Gasteiger partial charge in [0.15, 0.2) is 0 Å². The van der Waals surface area contributed by atoms with Gasteiger partial charge in [0.2, 0.25) is 0 Å². The van der Waals surface area contributed by atoms with E-state index < -0.39 is 11.7 Å². The zero-order valence-electron chi connectivity index (χ0n) is 15.6. The monoisotopic (exact) mass is 389 g/mol. The highest BCUT2D eigenvalue weighted by Crippen LogP contribution is 2.31. The number of aromatic amines is 1. The van der Waals surface area contributed by atoms with Crippen molar-refractivity contribution in [2.24, 2.45) is 0 Å². The van der Waals surface area contributed by atoms with E-state index in [-0.39, 0.29) is 0 Å². The van der Waals surface area contributed by atoms with E-state index in [0.29, 0.717) is 22.9 Å². The van der Waals surface area contributed by atoms with Crippen molar-refractivity contribution in [3.63, 3.8) is 0 Å². The molecule has 0 amide bonds. The molecule has 0 bridgehead atoms. The van der Waals surface area contributed by atoms with Crippen molar-refractivity contribution in [3.8, 4) is 11.4 Å². The second-order valence-electron chi connectivity index (χ2n) is 7.27. The van der Waals surface area contributed by atoms with Crippen molar-refractivity contribution < 1.29 is 17.9 Å². The number of imidazole rings is 1. The number of fused-ring (bicyclic) bond motifs is 1. The molecule has 0 atom stereocenters. The molecule has 2 aromatic carbocycles. The van der Waals surface area contributed by atoms with Crippen LogP contribution in [-0.2, 0) is 17.5 Å². The van der Waals surface area contributed by atoms with Gasteiger partial charge in [0, 0.05) is 31.4 Å². The summed E-state index contributed by atoms with van der Waals surface area (Å²) in [6.07, 6.45) is -2.27. The van der Waals surface area contributed by atoms with Crippen LogP contribution in [0.4, 0.5) is 13.2 Å². The van der Waals surface area contributed by atoms with Crippen molar-refractivity contribution >= 4 is 11.0 Å². The maximum atomic E-state index is 12.9. The number of nitrogens with zero attached hydrogens (tertiary/aromatic N) is 2. The van der Waals surface area contributed by atoms with Gasteiger partial charge in [-0.25, -0.2) is 4.98 Å². The molecule has 1 saturated heterocycles. The zero-order chi connectivity index (χ0) is 19.7. The molecule has 0 unspecified atom stereocenters. The number of hydrogen-bond donors (Lipinski definition) is 1. The Bertz CT molecular complexity index is 944. The Morgan fingerprint density at radius 3 is 2.50 bits per heavy atom. The van der Waals surface area contributed by atoms with Crippen LogP contribution in [0.2, 0.25) is 0 Å². The molecule has 0 saturated carbocycles. The van der Waals surface area contributed by atoms with Crippen LogP contribution >= 0.6 is 0 Å². The maximum absolute atomic E-state index is 12.9. The molecule has 1 aliphatic rings. The molecule has 0 aliphatic carbocycles.